The molecule has 5 nitrogen and oxygen atoms in total. The maximum Gasteiger partial charge on any atom is 0.341 e. The molecule has 0 saturated heterocycles. The van der Waals surface area contributed by atoms with Crippen LogP contribution in [0.25, 0.3) is 0 Å². The van der Waals surface area contributed by atoms with E-state index in [1.54, 1.807) is 17.8 Å². The van der Waals surface area contributed by atoms with Crippen LogP contribution in [0, 0.1) is 5.41 Å². The molecule has 2 atom stereocenters. The van der Waals surface area contributed by atoms with E-state index in [-0.39, 0.29) is 23.5 Å². The normalized spacial score (nSPS) is 15.2. The third-order valence-electron chi connectivity index (χ3n) is 2.78. The number of rotatable bonds is 4. The molecule has 0 aromatic carbocycles. The molecule has 1 rings (SSSR count). The van der Waals surface area contributed by atoms with Crippen LogP contribution in [0.15, 0.2) is 12.4 Å². The summed E-state index contributed by atoms with van der Waals surface area (Å²) >= 11 is 0. The maximum absolute atomic E-state index is 11.6. The van der Waals surface area contributed by atoms with Gasteiger partial charge in [0, 0.05) is 12.2 Å². The van der Waals surface area contributed by atoms with Crippen LogP contribution in [0.5, 0.6) is 0 Å². The number of hydrogen-bond donors (Lipinski definition) is 1. The zero-order valence-electron chi connectivity index (χ0n) is 11.8. The second-order valence-corrected chi connectivity index (χ2v) is 5.60. The molecule has 1 aromatic heterocycles. The lowest BCUT2D eigenvalue weighted by Gasteiger charge is -2.33. The van der Waals surface area contributed by atoms with E-state index in [1.165, 1.54) is 6.20 Å². The highest BCUT2D eigenvalue weighted by Crippen LogP contribution is 2.32. The van der Waals surface area contributed by atoms with Gasteiger partial charge in [0.15, 0.2) is 0 Å². The Morgan fingerprint density at radius 3 is 2.61 bits per heavy atom. The van der Waals surface area contributed by atoms with E-state index in [9.17, 15) is 4.79 Å². The summed E-state index contributed by atoms with van der Waals surface area (Å²) < 4.78 is 6.70. The van der Waals surface area contributed by atoms with Crippen LogP contribution >= 0.6 is 0 Å². The first-order valence-electron chi connectivity index (χ1n) is 6.24. The largest absolute Gasteiger partial charge is 0.462 e. The molecule has 0 aliphatic carbocycles. The molecule has 102 valence electrons. The van der Waals surface area contributed by atoms with E-state index in [1.807, 2.05) is 6.92 Å². The predicted molar refractivity (Wildman–Crippen MR) is 70.3 cm³/mol. The first-order valence-corrected chi connectivity index (χ1v) is 6.24. The minimum absolute atomic E-state index is 0.0284. The van der Waals surface area contributed by atoms with E-state index in [0.717, 1.165) is 0 Å². The Balaban J connectivity index is 2.99. The fourth-order valence-electron chi connectivity index (χ4n) is 2.24. The molecule has 1 aromatic rings. The van der Waals surface area contributed by atoms with Crippen molar-refractivity contribution in [2.45, 2.75) is 46.7 Å². The first kappa shape index (κ1) is 14.7. The molecular formula is C13H23N3O2. The SMILES string of the molecule is CCOC(=O)c1cnn(C(C(C)N)C(C)(C)C)c1. The molecule has 0 aliphatic heterocycles. The second kappa shape index (κ2) is 5.52. The molecular weight excluding hydrogens is 230 g/mol. The molecule has 0 amide bonds. The van der Waals surface area contributed by atoms with Crippen molar-refractivity contribution in [3.8, 4) is 0 Å². The topological polar surface area (TPSA) is 70.1 Å². The summed E-state index contributed by atoms with van der Waals surface area (Å²) in [6.45, 7) is 10.4. The number of esters is 1. The van der Waals surface area contributed by atoms with Crippen LogP contribution in [0.1, 0.15) is 51.0 Å². The maximum atomic E-state index is 11.6. The molecule has 2 N–H and O–H groups in total. The third kappa shape index (κ3) is 3.32. The van der Waals surface area contributed by atoms with Gasteiger partial charge < -0.3 is 10.5 Å². The molecule has 5 heteroatoms. The van der Waals surface area contributed by atoms with Crippen LogP contribution in [0.3, 0.4) is 0 Å². The number of nitrogens with two attached hydrogens (primary N) is 1. The van der Waals surface area contributed by atoms with Gasteiger partial charge in [-0.1, -0.05) is 20.8 Å². The smallest absolute Gasteiger partial charge is 0.341 e. The Kier molecular flexibility index (Phi) is 4.51. The molecule has 0 saturated carbocycles. The van der Waals surface area contributed by atoms with E-state index in [0.29, 0.717) is 12.2 Å². The molecule has 0 bridgehead atoms. The Bertz CT molecular complexity index is 405. The fourth-order valence-corrected chi connectivity index (χ4v) is 2.24. The van der Waals surface area contributed by atoms with Crippen molar-refractivity contribution in [3.05, 3.63) is 18.0 Å². The summed E-state index contributed by atoms with van der Waals surface area (Å²) in [4.78, 5) is 11.6. The third-order valence-corrected chi connectivity index (χ3v) is 2.78. The van der Waals surface area contributed by atoms with Gasteiger partial charge in [0.1, 0.15) is 0 Å². The van der Waals surface area contributed by atoms with Crippen LogP contribution in [-0.4, -0.2) is 28.4 Å². The van der Waals surface area contributed by atoms with Crippen molar-refractivity contribution in [2.24, 2.45) is 11.1 Å². The van der Waals surface area contributed by atoms with E-state index in [4.69, 9.17) is 10.5 Å². The van der Waals surface area contributed by atoms with Gasteiger partial charge >= 0.3 is 5.97 Å². The zero-order valence-corrected chi connectivity index (χ0v) is 11.8. The molecule has 0 radical (unpaired) electrons. The lowest BCUT2D eigenvalue weighted by Crippen LogP contribution is -2.38. The average molecular weight is 253 g/mol. The quantitative estimate of drug-likeness (QED) is 0.833. The predicted octanol–water partition coefficient (Wildman–Crippen LogP) is 1.99. The van der Waals surface area contributed by atoms with Gasteiger partial charge in [-0.2, -0.15) is 5.10 Å². The van der Waals surface area contributed by atoms with Gasteiger partial charge in [0.25, 0.3) is 0 Å². The minimum atomic E-state index is -0.346. The average Bonchev–Trinajstić information content (AvgIpc) is 2.64. The highest BCUT2D eigenvalue weighted by atomic mass is 16.5. The second-order valence-electron chi connectivity index (χ2n) is 5.60. The Morgan fingerprint density at radius 2 is 2.17 bits per heavy atom. The number of nitrogens with zero attached hydrogens (tertiary/aromatic N) is 2. The molecule has 2 unspecified atom stereocenters. The van der Waals surface area contributed by atoms with Gasteiger partial charge in [-0.15, -0.1) is 0 Å². The van der Waals surface area contributed by atoms with Gasteiger partial charge in [0.2, 0.25) is 0 Å². The van der Waals surface area contributed by atoms with Crippen LogP contribution in [0.4, 0.5) is 0 Å². The molecule has 18 heavy (non-hydrogen) atoms. The molecule has 1 heterocycles. The van der Waals surface area contributed by atoms with Crippen molar-refractivity contribution in [1.29, 1.82) is 0 Å². The van der Waals surface area contributed by atoms with E-state index in [2.05, 4.69) is 25.9 Å². The van der Waals surface area contributed by atoms with E-state index < -0.39 is 0 Å². The van der Waals surface area contributed by atoms with Gasteiger partial charge in [-0.25, -0.2) is 4.79 Å². The Labute approximate surface area is 108 Å². The molecule has 0 spiro atoms. The number of hydrogen-bond acceptors (Lipinski definition) is 4. The summed E-state index contributed by atoms with van der Waals surface area (Å²) in [5.74, 6) is -0.346. The van der Waals surface area contributed by atoms with Crippen molar-refractivity contribution in [2.75, 3.05) is 6.61 Å². The number of aromatic nitrogens is 2. The Morgan fingerprint density at radius 1 is 1.56 bits per heavy atom. The standard InChI is InChI=1S/C13H23N3O2/c1-6-18-12(17)10-7-15-16(8-10)11(9(2)14)13(3,4)5/h7-9,11H,6,14H2,1-5H3. The lowest BCUT2D eigenvalue weighted by molar-refractivity contribution is 0.0525. The highest BCUT2D eigenvalue weighted by molar-refractivity contribution is 5.88. The van der Waals surface area contributed by atoms with Crippen LogP contribution in [0.2, 0.25) is 0 Å². The zero-order chi connectivity index (χ0) is 13.9. The number of carbonyl (C=O) groups excluding carboxylic acids is 1. The van der Waals surface area contributed by atoms with Crippen LogP contribution in [-0.2, 0) is 4.74 Å². The van der Waals surface area contributed by atoms with Crippen molar-refractivity contribution >= 4 is 5.97 Å². The summed E-state index contributed by atoms with van der Waals surface area (Å²) in [7, 11) is 0. The Hall–Kier alpha value is -1.36. The van der Waals surface area contributed by atoms with Crippen LogP contribution < -0.4 is 5.73 Å². The summed E-state index contributed by atoms with van der Waals surface area (Å²) in [5, 5.41) is 4.24. The monoisotopic (exact) mass is 253 g/mol. The van der Waals surface area contributed by atoms with Crippen molar-refractivity contribution < 1.29 is 9.53 Å². The lowest BCUT2D eigenvalue weighted by atomic mass is 9.83. The highest BCUT2D eigenvalue weighted by Gasteiger charge is 2.30. The summed E-state index contributed by atoms with van der Waals surface area (Å²) in [5.41, 5.74) is 6.45. The number of ether oxygens (including phenoxy) is 1. The first-order chi connectivity index (χ1) is 8.27. The van der Waals surface area contributed by atoms with Crippen molar-refractivity contribution in [1.82, 2.24) is 9.78 Å². The van der Waals surface area contributed by atoms with Gasteiger partial charge in [-0.3, -0.25) is 4.68 Å². The van der Waals surface area contributed by atoms with Gasteiger partial charge in [-0.05, 0) is 19.3 Å². The van der Waals surface area contributed by atoms with E-state index >= 15 is 0 Å². The fraction of sp³-hybridized carbons (Fsp3) is 0.692. The van der Waals surface area contributed by atoms with Gasteiger partial charge in [0.05, 0.1) is 24.4 Å². The number of carbonyl (C=O) groups is 1. The van der Waals surface area contributed by atoms with Crippen molar-refractivity contribution in [3.63, 3.8) is 0 Å². The molecule has 0 fully saturated rings. The summed E-state index contributed by atoms with van der Waals surface area (Å²) in [6, 6.07) is -0.0272. The summed E-state index contributed by atoms with van der Waals surface area (Å²) in [6.07, 6.45) is 3.23. The molecule has 0 aliphatic rings. The minimum Gasteiger partial charge on any atom is -0.462 e.